The number of rotatable bonds is 8. The van der Waals surface area contributed by atoms with Crippen molar-refractivity contribution < 1.29 is 14.3 Å². The fraction of sp³-hybridized carbons (Fsp3) is 0.500. The number of urea groups is 1. The fourth-order valence-corrected chi connectivity index (χ4v) is 1.51. The molecule has 1 rings (SSSR count). The summed E-state index contributed by atoms with van der Waals surface area (Å²) in [6.45, 7) is 2.54. The largest absolute Gasteiger partial charge is 0.493 e. The Hall–Kier alpha value is -1.95. The summed E-state index contributed by atoms with van der Waals surface area (Å²) in [7, 11) is 5.04. The summed E-state index contributed by atoms with van der Waals surface area (Å²) < 4.78 is 10.8. The summed E-state index contributed by atoms with van der Waals surface area (Å²) in [4.78, 5) is 12.7. The monoisotopic (exact) mass is 281 g/mol. The van der Waals surface area contributed by atoms with Gasteiger partial charge in [-0.1, -0.05) is 12.1 Å². The first kappa shape index (κ1) is 16.1. The second-order valence-electron chi connectivity index (χ2n) is 4.38. The highest BCUT2D eigenvalue weighted by molar-refractivity contribution is 5.73. The Balaban J connectivity index is 2.09. The average Bonchev–Trinajstić information content (AvgIpc) is 2.46. The van der Waals surface area contributed by atoms with Gasteiger partial charge in [-0.15, -0.1) is 0 Å². The predicted molar refractivity (Wildman–Crippen MR) is 78.4 cm³/mol. The molecular weight excluding hydrogens is 258 g/mol. The van der Waals surface area contributed by atoms with Crippen LogP contribution in [0.4, 0.5) is 4.79 Å². The molecule has 0 heterocycles. The molecule has 20 heavy (non-hydrogen) atoms. The number of nitrogens with one attached hydrogen (secondary N) is 2. The number of benzene rings is 1. The molecule has 0 aromatic heterocycles. The molecule has 112 valence electrons. The van der Waals surface area contributed by atoms with E-state index in [1.807, 2.05) is 24.3 Å². The van der Waals surface area contributed by atoms with E-state index in [0.29, 0.717) is 26.2 Å². The molecule has 0 saturated heterocycles. The van der Waals surface area contributed by atoms with E-state index in [1.54, 1.807) is 21.2 Å². The van der Waals surface area contributed by atoms with E-state index in [1.165, 1.54) is 4.90 Å². The number of carbonyl (C=O) groups excluding carboxylic acids is 1. The highest BCUT2D eigenvalue weighted by Gasteiger charge is 2.02. The summed E-state index contributed by atoms with van der Waals surface area (Å²) >= 11 is 0. The van der Waals surface area contributed by atoms with Crippen LogP contribution in [0.5, 0.6) is 11.5 Å². The van der Waals surface area contributed by atoms with E-state index in [0.717, 1.165) is 11.5 Å². The van der Waals surface area contributed by atoms with Crippen LogP contribution in [0.3, 0.4) is 0 Å². The number of hydrogen-bond donors (Lipinski definition) is 2. The molecule has 6 nitrogen and oxygen atoms in total. The van der Waals surface area contributed by atoms with E-state index in [2.05, 4.69) is 10.6 Å². The molecule has 1 aromatic carbocycles. The van der Waals surface area contributed by atoms with Crippen LogP contribution in [0.25, 0.3) is 0 Å². The molecular formula is C14H23N3O3. The quantitative estimate of drug-likeness (QED) is 0.696. The van der Waals surface area contributed by atoms with Crippen LogP contribution in [-0.4, -0.2) is 58.4 Å². The van der Waals surface area contributed by atoms with Crippen LogP contribution in [0.15, 0.2) is 24.3 Å². The molecule has 0 radical (unpaired) electrons. The first-order valence-corrected chi connectivity index (χ1v) is 6.57. The summed E-state index contributed by atoms with van der Waals surface area (Å²) in [6.07, 6.45) is 0. The van der Waals surface area contributed by atoms with Gasteiger partial charge in [0.1, 0.15) is 6.61 Å². The molecule has 0 saturated carbocycles. The maximum Gasteiger partial charge on any atom is 0.316 e. The lowest BCUT2D eigenvalue weighted by atomic mass is 10.3. The van der Waals surface area contributed by atoms with Crippen molar-refractivity contribution in [3.05, 3.63) is 24.3 Å². The van der Waals surface area contributed by atoms with E-state index < -0.39 is 0 Å². The fourth-order valence-electron chi connectivity index (χ4n) is 1.51. The van der Waals surface area contributed by atoms with Crippen LogP contribution in [0.2, 0.25) is 0 Å². The van der Waals surface area contributed by atoms with Gasteiger partial charge in [-0.3, -0.25) is 0 Å². The minimum absolute atomic E-state index is 0.0860. The van der Waals surface area contributed by atoms with E-state index in [9.17, 15) is 4.79 Å². The molecule has 0 fully saturated rings. The Bertz CT molecular complexity index is 410. The van der Waals surface area contributed by atoms with Gasteiger partial charge in [-0.05, 0) is 12.1 Å². The van der Waals surface area contributed by atoms with Gasteiger partial charge in [0, 0.05) is 33.7 Å². The summed E-state index contributed by atoms with van der Waals surface area (Å²) in [5, 5.41) is 5.96. The zero-order valence-corrected chi connectivity index (χ0v) is 12.3. The maximum absolute atomic E-state index is 11.2. The molecule has 0 aliphatic heterocycles. The highest BCUT2D eigenvalue weighted by Crippen LogP contribution is 2.25. The molecule has 2 amide bonds. The molecule has 0 atom stereocenters. The average molecular weight is 281 g/mol. The van der Waals surface area contributed by atoms with Crippen molar-refractivity contribution in [1.82, 2.24) is 15.5 Å². The lowest BCUT2D eigenvalue weighted by molar-refractivity contribution is 0.217. The van der Waals surface area contributed by atoms with Crippen molar-refractivity contribution in [2.24, 2.45) is 0 Å². The topological polar surface area (TPSA) is 62.8 Å². The number of para-hydroxylation sites is 2. The molecule has 0 unspecified atom stereocenters. The molecule has 1 aromatic rings. The summed E-state index contributed by atoms with van der Waals surface area (Å²) in [6, 6.07) is 7.45. The van der Waals surface area contributed by atoms with Gasteiger partial charge in [-0.25, -0.2) is 4.79 Å². The number of hydrogen-bond acceptors (Lipinski definition) is 4. The third-order valence-corrected chi connectivity index (χ3v) is 2.59. The van der Waals surface area contributed by atoms with E-state index in [-0.39, 0.29) is 6.03 Å². The second kappa shape index (κ2) is 9.03. The molecule has 0 spiro atoms. The Kier molecular flexibility index (Phi) is 7.27. The number of nitrogens with zero attached hydrogens (tertiary/aromatic N) is 1. The second-order valence-corrected chi connectivity index (χ2v) is 4.38. The van der Waals surface area contributed by atoms with Crippen LogP contribution in [0, 0.1) is 0 Å². The minimum Gasteiger partial charge on any atom is -0.493 e. The normalized spacial score (nSPS) is 9.95. The maximum atomic E-state index is 11.2. The Morgan fingerprint density at radius 1 is 1.15 bits per heavy atom. The number of carbonyl (C=O) groups is 1. The highest BCUT2D eigenvalue weighted by atomic mass is 16.5. The Morgan fingerprint density at radius 2 is 1.85 bits per heavy atom. The van der Waals surface area contributed by atoms with Gasteiger partial charge in [-0.2, -0.15) is 0 Å². The number of amides is 2. The first-order valence-electron chi connectivity index (χ1n) is 6.57. The van der Waals surface area contributed by atoms with E-state index in [4.69, 9.17) is 9.47 Å². The van der Waals surface area contributed by atoms with Gasteiger partial charge in [0.15, 0.2) is 11.5 Å². The predicted octanol–water partition coefficient (Wildman–Crippen LogP) is 0.935. The third kappa shape index (κ3) is 5.79. The molecule has 0 aliphatic rings. The Morgan fingerprint density at radius 3 is 2.50 bits per heavy atom. The smallest absolute Gasteiger partial charge is 0.316 e. The van der Waals surface area contributed by atoms with Gasteiger partial charge in [0.2, 0.25) is 0 Å². The first-order chi connectivity index (χ1) is 9.65. The Labute approximate surface area is 120 Å². The van der Waals surface area contributed by atoms with Crippen molar-refractivity contribution in [2.45, 2.75) is 0 Å². The number of ether oxygens (including phenoxy) is 2. The van der Waals surface area contributed by atoms with Crippen molar-refractivity contribution in [3.63, 3.8) is 0 Å². The molecule has 0 aliphatic carbocycles. The van der Waals surface area contributed by atoms with Gasteiger partial charge >= 0.3 is 6.03 Å². The van der Waals surface area contributed by atoms with Crippen LogP contribution >= 0.6 is 0 Å². The lowest BCUT2D eigenvalue weighted by Gasteiger charge is -2.13. The van der Waals surface area contributed by atoms with Crippen LogP contribution in [0.1, 0.15) is 0 Å². The van der Waals surface area contributed by atoms with Crippen molar-refractivity contribution in [2.75, 3.05) is 47.4 Å². The number of methoxy groups -OCH3 is 1. The van der Waals surface area contributed by atoms with Crippen molar-refractivity contribution >= 4 is 6.03 Å². The third-order valence-electron chi connectivity index (χ3n) is 2.59. The standard InChI is InChI=1S/C14H23N3O3/c1-17(2)14(18)16-9-8-15-10-11-20-13-7-5-4-6-12(13)19-3/h4-7,15H,8-11H2,1-3H3,(H,16,18). The van der Waals surface area contributed by atoms with Crippen molar-refractivity contribution in [1.29, 1.82) is 0 Å². The van der Waals surface area contributed by atoms with Crippen molar-refractivity contribution in [3.8, 4) is 11.5 Å². The summed E-state index contributed by atoms with van der Waals surface area (Å²) in [5.74, 6) is 1.46. The zero-order valence-electron chi connectivity index (χ0n) is 12.3. The summed E-state index contributed by atoms with van der Waals surface area (Å²) in [5.41, 5.74) is 0. The van der Waals surface area contributed by atoms with Gasteiger partial charge < -0.3 is 25.0 Å². The molecule has 0 bridgehead atoms. The minimum atomic E-state index is -0.0860. The van der Waals surface area contributed by atoms with Crippen LogP contribution in [-0.2, 0) is 0 Å². The molecule has 6 heteroatoms. The zero-order chi connectivity index (χ0) is 14.8. The molecule has 2 N–H and O–H groups in total. The lowest BCUT2D eigenvalue weighted by Crippen LogP contribution is -2.39. The van der Waals surface area contributed by atoms with Crippen LogP contribution < -0.4 is 20.1 Å². The van der Waals surface area contributed by atoms with E-state index >= 15 is 0 Å². The van der Waals surface area contributed by atoms with Gasteiger partial charge in [0.05, 0.1) is 7.11 Å². The SMILES string of the molecule is COc1ccccc1OCCNCCNC(=O)N(C)C. The van der Waals surface area contributed by atoms with Gasteiger partial charge in [0.25, 0.3) is 0 Å².